The highest BCUT2D eigenvalue weighted by Crippen LogP contribution is 2.19. The minimum absolute atomic E-state index is 0.118. The van der Waals surface area contributed by atoms with Crippen molar-refractivity contribution in [3.05, 3.63) is 65.5 Å². The van der Waals surface area contributed by atoms with Gasteiger partial charge in [0.25, 0.3) is 0 Å². The number of benzene rings is 2. The van der Waals surface area contributed by atoms with Crippen molar-refractivity contribution < 1.29 is 23.8 Å². The van der Waals surface area contributed by atoms with Gasteiger partial charge in [-0.1, -0.05) is 31.2 Å². The molecule has 0 aliphatic rings. The van der Waals surface area contributed by atoms with Crippen LogP contribution in [0.1, 0.15) is 31.0 Å². The fourth-order valence-corrected chi connectivity index (χ4v) is 2.55. The number of carbonyl (C=O) groups is 2. The van der Waals surface area contributed by atoms with Crippen molar-refractivity contribution >= 4 is 11.9 Å². The largest absolute Gasteiger partial charge is 0.482 e. The van der Waals surface area contributed by atoms with Crippen LogP contribution in [0, 0.1) is 11.7 Å². The molecule has 2 unspecified atom stereocenters. The van der Waals surface area contributed by atoms with Crippen LogP contribution in [0.2, 0.25) is 0 Å². The van der Waals surface area contributed by atoms with Gasteiger partial charge in [-0.05, 0) is 48.7 Å². The first-order valence-corrected chi connectivity index (χ1v) is 8.34. The van der Waals surface area contributed by atoms with Gasteiger partial charge in [-0.2, -0.15) is 0 Å². The highest BCUT2D eigenvalue weighted by molar-refractivity contribution is 5.79. The van der Waals surface area contributed by atoms with Crippen molar-refractivity contribution in [3.63, 3.8) is 0 Å². The van der Waals surface area contributed by atoms with E-state index in [1.54, 1.807) is 43.3 Å². The Hall–Kier alpha value is -2.89. The summed E-state index contributed by atoms with van der Waals surface area (Å²) in [6.45, 7) is 3.26. The molecule has 0 heterocycles. The number of rotatable bonds is 8. The number of halogens is 1. The van der Waals surface area contributed by atoms with Gasteiger partial charge in [0.1, 0.15) is 11.6 Å². The molecule has 6 heteroatoms. The smallest absolute Gasteiger partial charge is 0.341 e. The topological polar surface area (TPSA) is 75.6 Å². The maximum absolute atomic E-state index is 13.2. The molecule has 0 aliphatic heterocycles. The van der Waals surface area contributed by atoms with Crippen molar-refractivity contribution in [1.29, 1.82) is 0 Å². The number of nitrogens with one attached hydrogen (secondary N) is 1. The van der Waals surface area contributed by atoms with Gasteiger partial charge in [-0.25, -0.2) is 9.18 Å². The van der Waals surface area contributed by atoms with E-state index in [-0.39, 0.29) is 23.7 Å². The Bertz CT molecular complexity index is 761. The van der Waals surface area contributed by atoms with Crippen molar-refractivity contribution in [2.24, 2.45) is 5.92 Å². The number of hydrogen-bond donors (Lipinski definition) is 2. The summed E-state index contributed by atoms with van der Waals surface area (Å²) in [5.74, 6) is -1.31. The van der Waals surface area contributed by atoms with Gasteiger partial charge in [-0.15, -0.1) is 0 Å². The molecular formula is C20H22FNO4. The summed E-state index contributed by atoms with van der Waals surface area (Å²) >= 11 is 0. The zero-order valence-electron chi connectivity index (χ0n) is 14.7. The van der Waals surface area contributed by atoms with Gasteiger partial charge >= 0.3 is 5.97 Å². The molecule has 5 nitrogen and oxygen atoms in total. The Morgan fingerprint density at radius 1 is 1.15 bits per heavy atom. The summed E-state index contributed by atoms with van der Waals surface area (Å²) in [6.07, 6.45) is 0.457. The molecule has 138 valence electrons. The fourth-order valence-electron chi connectivity index (χ4n) is 2.55. The highest BCUT2D eigenvalue weighted by atomic mass is 19.1. The first kappa shape index (κ1) is 19.4. The molecule has 2 N–H and O–H groups in total. The normalized spacial score (nSPS) is 12.9. The van der Waals surface area contributed by atoms with E-state index in [2.05, 4.69) is 5.32 Å². The molecular weight excluding hydrogens is 337 g/mol. The van der Waals surface area contributed by atoms with Gasteiger partial charge in [0, 0.05) is 5.92 Å². The summed E-state index contributed by atoms with van der Waals surface area (Å²) in [6, 6.07) is 12.9. The minimum Gasteiger partial charge on any atom is -0.482 e. The Morgan fingerprint density at radius 2 is 1.85 bits per heavy atom. The molecule has 0 aliphatic carbocycles. The van der Waals surface area contributed by atoms with E-state index in [1.165, 1.54) is 12.1 Å². The van der Waals surface area contributed by atoms with Crippen LogP contribution >= 0.6 is 0 Å². The number of carboxylic acids is 1. The van der Waals surface area contributed by atoms with Crippen LogP contribution in [0.4, 0.5) is 4.39 Å². The molecule has 0 radical (unpaired) electrons. The van der Waals surface area contributed by atoms with Crippen LogP contribution in [0.25, 0.3) is 0 Å². The number of carbonyl (C=O) groups excluding carboxylic acids is 1. The van der Waals surface area contributed by atoms with Crippen molar-refractivity contribution in [3.8, 4) is 5.75 Å². The highest BCUT2D eigenvalue weighted by Gasteiger charge is 2.17. The van der Waals surface area contributed by atoms with E-state index < -0.39 is 12.6 Å². The Labute approximate surface area is 151 Å². The molecule has 0 saturated heterocycles. The third kappa shape index (κ3) is 5.88. The molecule has 0 aromatic heterocycles. The summed E-state index contributed by atoms with van der Waals surface area (Å²) in [7, 11) is 0. The summed E-state index contributed by atoms with van der Waals surface area (Å²) in [5.41, 5.74) is 1.65. The third-order valence-electron chi connectivity index (χ3n) is 3.98. The SMILES string of the molecule is CC(Cc1cccc(F)c1)C(=O)NC(C)c1ccc(OCC(=O)O)cc1. The lowest BCUT2D eigenvalue weighted by Gasteiger charge is -2.18. The standard InChI is InChI=1S/C20H22FNO4/c1-13(10-15-4-3-5-17(21)11-15)20(25)22-14(2)16-6-8-18(9-7-16)26-12-19(23)24/h3-9,11,13-14H,10,12H2,1-2H3,(H,22,25)(H,23,24). The van der Waals surface area contributed by atoms with Crippen LogP contribution < -0.4 is 10.1 Å². The van der Waals surface area contributed by atoms with E-state index >= 15 is 0 Å². The number of hydrogen-bond acceptors (Lipinski definition) is 3. The lowest BCUT2D eigenvalue weighted by molar-refractivity contribution is -0.139. The maximum atomic E-state index is 13.2. The Balaban J connectivity index is 1.90. The molecule has 2 atom stereocenters. The van der Waals surface area contributed by atoms with Crippen molar-refractivity contribution in [1.82, 2.24) is 5.32 Å². The van der Waals surface area contributed by atoms with Crippen LogP contribution in [-0.2, 0) is 16.0 Å². The van der Waals surface area contributed by atoms with Gasteiger partial charge in [0.15, 0.2) is 6.61 Å². The molecule has 26 heavy (non-hydrogen) atoms. The lowest BCUT2D eigenvalue weighted by Crippen LogP contribution is -2.32. The third-order valence-corrected chi connectivity index (χ3v) is 3.98. The molecule has 0 bridgehead atoms. The van der Waals surface area contributed by atoms with Crippen LogP contribution in [0.5, 0.6) is 5.75 Å². The van der Waals surface area contributed by atoms with Gasteiger partial charge in [0.05, 0.1) is 6.04 Å². The monoisotopic (exact) mass is 359 g/mol. The second-order valence-electron chi connectivity index (χ2n) is 6.22. The number of carboxylic acid groups (broad SMARTS) is 1. The second kappa shape index (κ2) is 8.99. The number of aliphatic carboxylic acids is 1. The van der Waals surface area contributed by atoms with Gasteiger partial charge in [0.2, 0.25) is 5.91 Å². The van der Waals surface area contributed by atoms with E-state index in [0.29, 0.717) is 12.2 Å². The molecule has 2 aromatic carbocycles. The predicted molar refractivity (Wildman–Crippen MR) is 95.4 cm³/mol. The van der Waals surface area contributed by atoms with Gasteiger partial charge < -0.3 is 15.2 Å². The zero-order chi connectivity index (χ0) is 19.1. The molecule has 2 aromatic rings. The first-order valence-electron chi connectivity index (χ1n) is 8.34. The average molecular weight is 359 g/mol. The lowest BCUT2D eigenvalue weighted by atomic mass is 9.99. The molecule has 1 amide bonds. The second-order valence-corrected chi connectivity index (χ2v) is 6.22. The van der Waals surface area contributed by atoms with E-state index in [4.69, 9.17) is 9.84 Å². The van der Waals surface area contributed by atoms with Crippen molar-refractivity contribution in [2.75, 3.05) is 6.61 Å². The van der Waals surface area contributed by atoms with Crippen molar-refractivity contribution in [2.45, 2.75) is 26.3 Å². The Morgan fingerprint density at radius 3 is 2.46 bits per heavy atom. The predicted octanol–water partition coefficient (Wildman–Crippen LogP) is 3.35. The number of ether oxygens (including phenoxy) is 1. The van der Waals surface area contributed by atoms with Crippen LogP contribution in [0.3, 0.4) is 0 Å². The van der Waals surface area contributed by atoms with Gasteiger partial charge in [-0.3, -0.25) is 4.79 Å². The quantitative estimate of drug-likeness (QED) is 0.758. The molecule has 2 rings (SSSR count). The number of amides is 1. The maximum Gasteiger partial charge on any atom is 0.341 e. The summed E-state index contributed by atoms with van der Waals surface area (Å²) in [5, 5.41) is 11.5. The fraction of sp³-hybridized carbons (Fsp3) is 0.300. The van der Waals surface area contributed by atoms with E-state index in [9.17, 15) is 14.0 Å². The Kier molecular flexibility index (Phi) is 6.72. The van der Waals surface area contributed by atoms with Crippen LogP contribution in [-0.4, -0.2) is 23.6 Å². The van der Waals surface area contributed by atoms with E-state index in [1.807, 2.05) is 6.92 Å². The molecule has 0 fully saturated rings. The first-order chi connectivity index (χ1) is 12.3. The van der Waals surface area contributed by atoms with E-state index in [0.717, 1.165) is 11.1 Å². The molecule has 0 spiro atoms. The summed E-state index contributed by atoms with van der Waals surface area (Å²) in [4.78, 5) is 22.9. The zero-order valence-corrected chi connectivity index (χ0v) is 14.7. The minimum atomic E-state index is -1.04. The average Bonchev–Trinajstić information content (AvgIpc) is 2.60. The summed E-state index contributed by atoms with van der Waals surface area (Å²) < 4.78 is 18.3. The molecule has 0 saturated carbocycles. The van der Waals surface area contributed by atoms with Crippen LogP contribution in [0.15, 0.2) is 48.5 Å².